The van der Waals surface area contributed by atoms with E-state index in [1.807, 2.05) is 26.0 Å². The van der Waals surface area contributed by atoms with Gasteiger partial charge >= 0.3 is 0 Å². The van der Waals surface area contributed by atoms with Gasteiger partial charge in [0.05, 0.1) is 5.52 Å². The van der Waals surface area contributed by atoms with Gasteiger partial charge in [-0.15, -0.1) is 0 Å². The maximum absolute atomic E-state index is 5.96. The molecule has 0 fully saturated rings. The molecule has 1 aliphatic carbocycles. The van der Waals surface area contributed by atoms with Crippen LogP contribution in [-0.2, 0) is 6.42 Å². The summed E-state index contributed by atoms with van der Waals surface area (Å²) in [5.41, 5.74) is 10.3. The van der Waals surface area contributed by atoms with Crippen LogP contribution in [0.25, 0.3) is 17.0 Å². The minimum Gasteiger partial charge on any atom is -0.398 e. The van der Waals surface area contributed by atoms with Gasteiger partial charge in [-0.2, -0.15) is 0 Å². The number of rotatable bonds is 0. The first kappa shape index (κ1) is 10.7. The molecule has 82 valence electrons. The molecule has 3 rings (SSSR count). The maximum Gasteiger partial charge on any atom is 0.0728 e. The van der Waals surface area contributed by atoms with Crippen molar-refractivity contribution < 1.29 is 0 Å². The predicted molar refractivity (Wildman–Crippen MR) is 70.2 cm³/mol. The molecule has 16 heavy (non-hydrogen) atoms. The fraction of sp³-hybridized carbons (Fsp3) is 0.214. The van der Waals surface area contributed by atoms with Gasteiger partial charge in [0.15, 0.2) is 0 Å². The molecular formula is C14H16N2. The summed E-state index contributed by atoms with van der Waals surface area (Å²) < 4.78 is 0. The number of benzene rings is 1. The molecule has 0 amide bonds. The largest absolute Gasteiger partial charge is 0.398 e. The standard InChI is InChI=1S/C12H10N2.C2H6/c13-10-6-7-14-11-5-4-8-2-1-3-9(8)12(10)11;1-2/h1,3-7H,2H2,(H2,13,14);1-2H3. The van der Waals surface area contributed by atoms with Crippen molar-refractivity contribution in [2.24, 2.45) is 0 Å². The molecule has 0 spiro atoms. The van der Waals surface area contributed by atoms with Gasteiger partial charge in [-0.25, -0.2) is 0 Å². The van der Waals surface area contributed by atoms with E-state index in [9.17, 15) is 0 Å². The molecular weight excluding hydrogens is 196 g/mol. The van der Waals surface area contributed by atoms with E-state index in [1.165, 1.54) is 11.1 Å². The molecule has 0 unspecified atom stereocenters. The Morgan fingerprint density at radius 1 is 1.19 bits per heavy atom. The summed E-state index contributed by atoms with van der Waals surface area (Å²) in [5, 5.41) is 1.10. The van der Waals surface area contributed by atoms with E-state index in [1.54, 1.807) is 6.20 Å². The average molecular weight is 212 g/mol. The number of aromatic nitrogens is 1. The summed E-state index contributed by atoms with van der Waals surface area (Å²) >= 11 is 0. The highest BCUT2D eigenvalue weighted by Gasteiger charge is 2.10. The van der Waals surface area contributed by atoms with Crippen molar-refractivity contribution in [2.75, 3.05) is 5.73 Å². The van der Waals surface area contributed by atoms with E-state index in [0.717, 1.165) is 23.0 Å². The minimum atomic E-state index is 0.818. The van der Waals surface area contributed by atoms with Gasteiger partial charge in [-0.1, -0.05) is 32.1 Å². The van der Waals surface area contributed by atoms with Crippen LogP contribution in [0.2, 0.25) is 0 Å². The Morgan fingerprint density at radius 3 is 2.81 bits per heavy atom. The number of hydrogen-bond acceptors (Lipinski definition) is 2. The lowest BCUT2D eigenvalue weighted by Gasteiger charge is -2.06. The van der Waals surface area contributed by atoms with E-state index in [0.29, 0.717) is 0 Å². The zero-order chi connectivity index (χ0) is 11.5. The second-order valence-corrected chi connectivity index (χ2v) is 3.54. The predicted octanol–water partition coefficient (Wildman–Crippen LogP) is 3.41. The Kier molecular flexibility index (Phi) is 2.91. The zero-order valence-corrected chi connectivity index (χ0v) is 9.70. The molecule has 0 atom stereocenters. The van der Waals surface area contributed by atoms with E-state index in [-0.39, 0.29) is 0 Å². The highest BCUT2D eigenvalue weighted by atomic mass is 14.7. The normalized spacial score (nSPS) is 12.1. The van der Waals surface area contributed by atoms with Crippen LogP contribution in [0.4, 0.5) is 5.69 Å². The highest BCUT2D eigenvalue weighted by molar-refractivity contribution is 5.98. The Labute approximate surface area is 95.8 Å². The van der Waals surface area contributed by atoms with Gasteiger partial charge in [0.25, 0.3) is 0 Å². The second-order valence-electron chi connectivity index (χ2n) is 3.54. The lowest BCUT2D eigenvalue weighted by atomic mass is 10.0. The van der Waals surface area contributed by atoms with Gasteiger partial charge in [0.2, 0.25) is 0 Å². The topological polar surface area (TPSA) is 38.9 Å². The van der Waals surface area contributed by atoms with Crippen LogP contribution >= 0.6 is 0 Å². The van der Waals surface area contributed by atoms with Crippen molar-refractivity contribution >= 4 is 22.7 Å². The van der Waals surface area contributed by atoms with Crippen LogP contribution in [0.15, 0.2) is 30.5 Å². The van der Waals surface area contributed by atoms with Crippen molar-refractivity contribution in [3.05, 3.63) is 41.6 Å². The van der Waals surface area contributed by atoms with Gasteiger partial charge < -0.3 is 5.73 Å². The third-order valence-corrected chi connectivity index (χ3v) is 2.69. The van der Waals surface area contributed by atoms with Crippen LogP contribution in [0.1, 0.15) is 25.0 Å². The summed E-state index contributed by atoms with van der Waals surface area (Å²) in [6.45, 7) is 4.00. The summed E-state index contributed by atoms with van der Waals surface area (Å²) in [4.78, 5) is 4.31. The van der Waals surface area contributed by atoms with Gasteiger partial charge in [0.1, 0.15) is 0 Å². The highest BCUT2D eigenvalue weighted by Crippen LogP contribution is 2.30. The SMILES string of the molecule is CC.Nc1ccnc2ccc3c(c12)C=CC3. The molecule has 2 aromatic rings. The number of hydrogen-bond donors (Lipinski definition) is 1. The molecule has 1 aliphatic rings. The average Bonchev–Trinajstić information content (AvgIpc) is 2.80. The number of nitrogens with zero attached hydrogens (tertiary/aromatic N) is 1. The van der Waals surface area contributed by atoms with Gasteiger partial charge in [0, 0.05) is 17.3 Å². The van der Waals surface area contributed by atoms with Crippen molar-refractivity contribution in [1.82, 2.24) is 4.98 Å². The molecule has 1 aromatic heterocycles. The molecule has 0 saturated carbocycles. The fourth-order valence-corrected chi connectivity index (χ4v) is 2.02. The molecule has 1 heterocycles. The summed E-state index contributed by atoms with van der Waals surface area (Å²) in [7, 11) is 0. The van der Waals surface area contributed by atoms with Gasteiger partial charge in [-0.3, -0.25) is 4.98 Å². The van der Waals surface area contributed by atoms with Crippen molar-refractivity contribution in [3.63, 3.8) is 0 Å². The van der Waals surface area contributed by atoms with Crippen molar-refractivity contribution in [2.45, 2.75) is 20.3 Å². The first-order chi connectivity index (χ1) is 7.86. The summed E-state index contributed by atoms with van der Waals surface area (Å²) in [5.74, 6) is 0. The number of nitrogen functional groups attached to an aromatic ring is 1. The lowest BCUT2D eigenvalue weighted by Crippen LogP contribution is -1.92. The monoisotopic (exact) mass is 212 g/mol. The van der Waals surface area contributed by atoms with Crippen molar-refractivity contribution in [1.29, 1.82) is 0 Å². The number of allylic oxidation sites excluding steroid dienone is 1. The van der Waals surface area contributed by atoms with E-state index >= 15 is 0 Å². The van der Waals surface area contributed by atoms with E-state index in [4.69, 9.17) is 5.73 Å². The zero-order valence-electron chi connectivity index (χ0n) is 9.70. The van der Waals surface area contributed by atoms with Crippen LogP contribution < -0.4 is 5.73 Å². The Bertz CT molecular complexity index is 542. The van der Waals surface area contributed by atoms with Crippen molar-refractivity contribution in [3.8, 4) is 0 Å². The quantitative estimate of drug-likeness (QED) is 0.726. The first-order valence-corrected chi connectivity index (χ1v) is 5.69. The van der Waals surface area contributed by atoms with Crippen LogP contribution in [-0.4, -0.2) is 4.98 Å². The minimum absolute atomic E-state index is 0.818. The summed E-state index contributed by atoms with van der Waals surface area (Å²) in [6.07, 6.45) is 7.06. The molecule has 1 aromatic carbocycles. The molecule has 0 radical (unpaired) electrons. The Hall–Kier alpha value is -1.83. The number of pyridine rings is 1. The molecule has 0 saturated heterocycles. The van der Waals surface area contributed by atoms with Crippen LogP contribution in [0, 0.1) is 0 Å². The Morgan fingerprint density at radius 2 is 2.00 bits per heavy atom. The van der Waals surface area contributed by atoms with Crippen LogP contribution in [0.5, 0.6) is 0 Å². The van der Waals surface area contributed by atoms with Crippen LogP contribution in [0.3, 0.4) is 0 Å². The number of fused-ring (bicyclic) bond motifs is 3. The number of anilines is 1. The molecule has 2 heteroatoms. The molecule has 0 aliphatic heterocycles. The van der Waals surface area contributed by atoms with E-state index < -0.39 is 0 Å². The van der Waals surface area contributed by atoms with Gasteiger partial charge in [-0.05, 0) is 29.7 Å². The third-order valence-electron chi connectivity index (χ3n) is 2.69. The van der Waals surface area contributed by atoms with E-state index in [2.05, 4.69) is 23.2 Å². The summed E-state index contributed by atoms with van der Waals surface area (Å²) in [6, 6.07) is 6.02. The second kappa shape index (κ2) is 4.35. The molecule has 2 nitrogen and oxygen atoms in total. The third kappa shape index (κ3) is 1.56. The first-order valence-electron chi connectivity index (χ1n) is 5.69. The maximum atomic E-state index is 5.96. The Balaban J connectivity index is 0.000000457. The fourth-order valence-electron chi connectivity index (χ4n) is 2.02. The molecule has 2 N–H and O–H groups in total. The molecule has 0 bridgehead atoms. The lowest BCUT2D eigenvalue weighted by molar-refractivity contribution is 1.31. The number of nitrogens with two attached hydrogens (primary N) is 1. The smallest absolute Gasteiger partial charge is 0.0728 e.